The van der Waals surface area contributed by atoms with Crippen molar-refractivity contribution in [3.8, 4) is 0 Å². The molecule has 0 fully saturated rings. The maximum absolute atomic E-state index is 12.4. The Morgan fingerprint density at radius 3 is 2.85 bits per heavy atom. The molecule has 0 saturated carbocycles. The predicted octanol–water partition coefficient (Wildman–Crippen LogP) is 0.487. The average molecular weight is 295 g/mol. The van der Waals surface area contributed by atoms with Crippen molar-refractivity contribution < 1.29 is 13.2 Å². The molecule has 0 amide bonds. The Morgan fingerprint density at radius 1 is 1.35 bits per heavy atom. The minimum absolute atomic E-state index is 0.163. The van der Waals surface area contributed by atoms with Crippen LogP contribution in [0.5, 0.6) is 0 Å². The van der Waals surface area contributed by atoms with Gasteiger partial charge in [0, 0.05) is 25.2 Å². The number of fused-ring (bicyclic) bond motifs is 1. The molecular weight excluding hydrogens is 278 g/mol. The highest BCUT2D eigenvalue weighted by molar-refractivity contribution is 7.89. The lowest BCUT2D eigenvalue weighted by atomic mass is 10.2. The standard InChI is InChI=1S/C13H17N3O3S/c1-19-9-10(8-14)16-20(17,18)13-6-2-5-12-11(13)4-3-7-15-12/h2-7,10,16H,8-9,14H2,1H3. The van der Waals surface area contributed by atoms with Crippen molar-refractivity contribution in [3.05, 3.63) is 36.5 Å². The van der Waals surface area contributed by atoms with Crippen molar-refractivity contribution in [2.45, 2.75) is 10.9 Å². The molecule has 0 aliphatic carbocycles. The van der Waals surface area contributed by atoms with Gasteiger partial charge in [-0.2, -0.15) is 0 Å². The number of methoxy groups -OCH3 is 1. The van der Waals surface area contributed by atoms with Crippen LogP contribution in [0.15, 0.2) is 41.4 Å². The Kier molecular flexibility index (Phi) is 4.66. The highest BCUT2D eigenvalue weighted by atomic mass is 32.2. The van der Waals surface area contributed by atoms with Crippen molar-refractivity contribution in [3.63, 3.8) is 0 Å². The molecule has 1 unspecified atom stereocenters. The molecule has 6 nitrogen and oxygen atoms in total. The third-order valence-electron chi connectivity index (χ3n) is 2.87. The van der Waals surface area contributed by atoms with Crippen LogP contribution in [0.2, 0.25) is 0 Å². The van der Waals surface area contributed by atoms with Gasteiger partial charge < -0.3 is 10.5 Å². The van der Waals surface area contributed by atoms with E-state index in [-0.39, 0.29) is 18.0 Å². The molecule has 3 N–H and O–H groups in total. The molecule has 1 aromatic heterocycles. The maximum Gasteiger partial charge on any atom is 0.241 e. The number of ether oxygens (including phenoxy) is 1. The molecule has 2 aromatic rings. The summed E-state index contributed by atoms with van der Waals surface area (Å²) < 4.78 is 32.4. The van der Waals surface area contributed by atoms with Gasteiger partial charge in [0.15, 0.2) is 0 Å². The fourth-order valence-electron chi connectivity index (χ4n) is 1.94. The van der Waals surface area contributed by atoms with Crippen LogP contribution in [-0.2, 0) is 14.8 Å². The zero-order chi connectivity index (χ0) is 14.6. The normalized spacial score (nSPS) is 13.5. The fraction of sp³-hybridized carbons (Fsp3) is 0.308. The molecule has 0 spiro atoms. The second kappa shape index (κ2) is 6.27. The van der Waals surface area contributed by atoms with Crippen LogP contribution in [0.3, 0.4) is 0 Å². The first-order valence-electron chi connectivity index (χ1n) is 6.13. The van der Waals surface area contributed by atoms with Gasteiger partial charge in [0.25, 0.3) is 0 Å². The van der Waals surface area contributed by atoms with Crippen LogP contribution in [0.1, 0.15) is 0 Å². The van der Waals surface area contributed by atoms with Crippen LogP contribution in [0.4, 0.5) is 0 Å². The van der Waals surface area contributed by atoms with E-state index in [4.69, 9.17) is 10.5 Å². The van der Waals surface area contributed by atoms with Gasteiger partial charge in [0.05, 0.1) is 23.1 Å². The quantitative estimate of drug-likeness (QED) is 0.808. The second-order valence-corrected chi connectivity index (χ2v) is 6.02. The SMILES string of the molecule is COCC(CN)NS(=O)(=O)c1cccc2ncccc12. The van der Waals surface area contributed by atoms with Crippen LogP contribution >= 0.6 is 0 Å². The average Bonchev–Trinajstić information content (AvgIpc) is 2.46. The number of sulfonamides is 1. The van der Waals surface area contributed by atoms with Crippen LogP contribution in [0, 0.1) is 0 Å². The van der Waals surface area contributed by atoms with Crippen molar-refractivity contribution >= 4 is 20.9 Å². The minimum atomic E-state index is -3.67. The van der Waals surface area contributed by atoms with Crippen molar-refractivity contribution in [2.75, 3.05) is 20.3 Å². The van der Waals surface area contributed by atoms with E-state index in [0.29, 0.717) is 10.9 Å². The highest BCUT2D eigenvalue weighted by Crippen LogP contribution is 2.21. The summed E-state index contributed by atoms with van der Waals surface area (Å²) in [7, 11) is -2.17. The molecule has 0 aliphatic heterocycles. The number of aromatic nitrogens is 1. The third-order valence-corrected chi connectivity index (χ3v) is 4.45. The van der Waals surface area contributed by atoms with Crippen LogP contribution < -0.4 is 10.5 Å². The fourth-order valence-corrected chi connectivity index (χ4v) is 3.39. The lowest BCUT2D eigenvalue weighted by Gasteiger charge is -2.16. The molecule has 20 heavy (non-hydrogen) atoms. The molecule has 1 aromatic carbocycles. The molecule has 0 aliphatic rings. The number of pyridine rings is 1. The van der Waals surface area contributed by atoms with Crippen molar-refractivity contribution in [1.82, 2.24) is 9.71 Å². The number of nitrogens with zero attached hydrogens (tertiary/aromatic N) is 1. The van der Waals surface area contributed by atoms with E-state index >= 15 is 0 Å². The first-order chi connectivity index (χ1) is 9.58. The summed E-state index contributed by atoms with van der Waals surface area (Å²) in [6.07, 6.45) is 1.62. The summed E-state index contributed by atoms with van der Waals surface area (Å²) in [5.74, 6) is 0. The molecule has 0 radical (unpaired) electrons. The summed E-state index contributed by atoms with van der Waals surface area (Å²) in [5, 5.41) is 0.579. The molecule has 1 atom stereocenters. The molecule has 7 heteroatoms. The minimum Gasteiger partial charge on any atom is -0.383 e. The first kappa shape index (κ1) is 14.9. The van der Waals surface area contributed by atoms with E-state index in [1.54, 1.807) is 36.5 Å². The zero-order valence-corrected chi connectivity index (χ0v) is 11.9. The number of rotatable bonds is 6. The lowest BCUT2D eigenvalue weighted by Crippen LogP contribution is -2.43. The molecule has 108 valence electrons. The van der Waals surface area contributed by atoms with E-state index in [9.17, 15) is 8.42 Å². The highest BCUT2D eigenvalue weighted by Gasteiger charge is 2.21. The van der Waals surface area contributed by atoms with Gasteiger partial charge in [-0.05, 0) is 24.3 Å². The van der Waals surface area contributed by atoms with Crippen molar-refractivity contribution in [1.29, 1.82) is 0 Å². The Hall–Kier alpha value is -1.54. The van der Waals surface area contributed by atoms with Crippen LogP contribution in [-0.4, -0.2) is 39.7 Å². The first-order valence-corrected chi connectivity index (χ1v) is 7.62. The van der Waals surface area contributed by atoms with Gasteiger partial charge in [-0.15, -0.1) is 0 Å². The second-order valence-electron chi connectivity index (χ2n) is 4.34. The Morgan fingerprint density at radius 2 is 2.15 bits per heavy atom. The maximum atomic E-state index is 12.4. The number of nitrogens with one attached hydrogen (secondary N) is 1. The van der Waals surface area contributed by atoms with E-state index in [1.807, 2.05) is 0 Å². The van der Waals surface area contributed by atoms with Gasteiger partial charge >= 0.3 is 0 Å². The van der Waals surface area contributed by atoms with Crippen LogP contribution in [0.25, 0.3) is 10.9 Å². The van der Waals surface area contributed by atoms with Gasteiger partial charge in [0.1, 0.15) is 0 Å². The molecular formula is C13H17N3O3S. The summed E-state index contributed by atoms with van der Waals surface area (Å²) in [6.45, 7) is 0.384. The summed E-state index contributed by atoms with van der Waals surface area (Å²) >= 11 is 0. The van der Waals surface area contributed by atoms with Gasteiger partial charge in [-0.3, -0.25) is 4.98 Å². The number of nitrogens with two attached hydrogens (primary N) is 1. The summed E-state index contributed by atoms with van der Waals surface area (Å²) in [4.78, 5) is 4.34. The monoisotopic (exact) mass is 295 g/mol. The number of hydrogen-bond acceptors (Lipinski definition) is 5. The van der Waals surface area contributed by atoms with Crippen molar-refractivity contribution in [2.24, 2.45) is 5.73 Å². The van der Waals surface area contributed by atoms with E-state index < -0.39 is 16.1 Å². The molecule has 2 rings (SSSR count). The summed E-state index contributed by atoms with van der Waals surface area (Å²) in [5.41, 5.74) is 6.17. The molecule has 1 heterocycles. The smallest absolute Gasteiger partial charge is 0.241 e. The topological polar surface area (TPSA) is 94.3 Å². The third kappa shape index (κ3) is 3.13. The number of benzene rings is 1. The van der Waals surface area contributed by atoms with Gasteiger partial charge in [-0.25, -0.2) is 13.1 Å². The van der Waals surface area contributed by atoms with E-state index in [0.717, 1.165) is 0 Å². The van der Waals surface area contributed by atoms with Gasteiger partial charge in [0.2, 0.25) is 10.0 Å². The van der Waals surface area contributed by atoms with E-state index in [2.05, 4.69) is 9.71 Å². The lowest BCUT2D eigenvalue weighted by molar-refractivity contribution is 0.177. The summed E-state index contributed by atoms with van der Waals surface area (Å²) in [6, 6.07) is 7.95. The Balaban J connectivity index is 2.41. The largest absolute Gasteiger partial charge is 0.383 e. The zero-order valence-electron chi connectivity index (χ0n) is 11.1. The van der Waals surface area contributed by atoms with E-state index in [1.165, 1.54) is 7.11 Å². The molecule has 0 bridgehead atoms. The Bertz CT molecular complexity index is 683. The van der Waals surface area contributed by atoms with Gasteiger partial charge in [-0.1, -0.05) is 6.07 Å². The Labute approximate surface area is 118 Å². The molecule has 0 saturated heterocycles. The predicted molar refractivity (Wildman–Crippen MR) is 76.8 cm³/mol. The number of hydrogen-bond donors (Lipinski definition) is 2.